The highest BCUT2D eigenvalue weighted by molar-refractivity contribution is 5.87. The summed E-state index contributed by atoms with van der Waals surface area (Å²) in [5.41, 5.74) is 1.99. The second kappa shape index (κ2) is 12.5. The van der Waals surface area contributed by atoms with Crippen LogP contribution in [0.15, 0.2) is 57.5 Å². The van der Waals surface area contributed by atoms with E-state index in [4.69, 9.17) is 23.0 Å². The Balaban J connectivity index is 0.00000176. The minimum absolute atomic E-state index is 0. The number of rotatable bonds is 8. The van der Waals surface area contributed by atoms with E-state index in [-0.39, 0.29) is 37.3 Å². The topological polar surface area (TPSA) is 90.3 Å². The summed E-state index contributed by atoms with van der Waals surface area (Å²) in [4.78, 5) is 6.66. The third kappa shape index (κ3) is 6.30. The molecule has 1 saturated heterocycles. The molecule has 6 rings (SSSR count). The maximum Gasteiger partial charge on any atom is 0.263 e. The lowest BCUT2D eigenvalue weighted by Crippen LogP contribution is -2.40. The van der Waals surface area contributed by atoms with Gasteiger partial charge in [0.05, 0.1) is 11.6 Å². The Hall–Kier alpha value is -2.91. The molecule has 8 nitrogen and oxygen atoms in total. The molecule has 39 heavy (non-hydrogen) atoms. The first-order valence-electron chi connectivity index (χ1n) is 12.9. The monoisotopic (exact) mass is 576 g/mol. The highest BCUT2D eigenvalue weighted by Gasteiger charge is 2.24. The van der Waals surface area contributed by atoms with E-state index in [9.17, 15) is 5.11 Å². The van der Waals surface area contributed by atoms with Gasteiger partial charge in [-0.25, -0.2) is 4.98 Å². The Morgan fingerprint density at radius 2 is 1.82 bits per heavy atom. The maximum atomic E-state index is 10.7. The number of hydrogen-bond donors (Lipinski definition) is 1. The zero-order chi connectivity index (χ0) is 25.4. The number of hydrogen-bond acceptors (Lipinski definition) is 8. The molecule has 2 aromatic heterocycles. The normalized spacial score (nSPS) is 16.2. The minimum Gasteiger partial charge on any atom is -0.490 e. The van der Waals surface area contributed by atoms with Crippen LogP contribution in [-0.2, 0) is 0 Å². The van der Waals surface area contributed by atoms with Crippen LogP contribution in [0.1, 0.15) is 49.8 Å². The molecular weight excluding hydrogens is 543 g/mol. The van der Waals surface area contributed by atoms with Crippen molar-refractivity contribution in [2.75, 3.05) is 33.0 Å². The Morgan fingerprint density at radius 3 is 2.59 bits per heavy atom. The lowest BCUT2D eigenvalue weighted by atomic mass is 9.89. The molecular formula is C29H34Cl2N2O6. The van der Waals surface area contributed by atoms with Gasteiger partial charge >= 0.3 is 0 Å². The molecule has 0 spiro atoms. The Bertz CT molecular complexity index is 1380. The largest absolute Gasteiger partial charge is 0.490 e. The number of benzene rings is 2. The van der Waals surface area contributed by atoms with Crippen LogP contribution in [0.25, 0.3) is 22.6 Å². The second-order valence-corrected chi connectivity index (χ2v) is 10.2. The number of fused-ring (bicyclic) bond motifs is 2. The fourth-order valence-electron chi connectivity index (χ4n) is 5.09. The van der Waals surface area contributed by atoms with Crippen molar-refractivity contribution in [2.24, 2.45) is 0 Å². The van der Waals surface area contributed by atoms with E-state index in [1.165, 1.54) is 5.56 Å². The number of piperidine rings is 1. The molecule has 1 N–H and O–H groups in total. The van der Waals surface area contributed by atoms with Crippen LogP contribution in [0.2, 0.25) is 0 Å². The van der Waals surface area contributed by atoms with E-state index in [1.54, 1.807) is 6.20 Å². The first-order valence-corrected chi connectivity index (χ1v) is 12.9. The van der Waals surface area contributed by atoms with Crippen LogP contribution >= 0.6 is 24.8 Å². The van der Waals surface area contributed by atoms with Crippen molar-refractivity contribution in [3.05, 3.63) is 60.0 Å². The lowest BCUT2D eigenvalue weighted by Gasteiger charge is -2.33. The number of likely N-dealkylation sites (tertiary alicyclic amines) is 1. The quantitative estimate of drug-likeness (QED) is 0.257. The van der Waals surface area contributed by atoms with Gasteiger partial charge in [0.25, 0.3) is 5.89 Å². The van der Waals surface area contributed by atoms with Gasteiger partial charge in [-0.3, -0.25) is 0 Å². The number of oxazole rings is 1. The molecule has 10 heteroatoms. The molecule has 4 aromatic rings. The van der Waals surface area contributed by atoms with Crippen LogP contribution in [0.3, 0.4) is 0 Å². The SMILES string of the molecule is CC(C)c1cnc(-c2cc3c(OC[C@@H](O)CN4CCC(c5ccc6c(c5)OCO6)CC4)cccc3o2)o1.Cl.Cl. The van der Waals surface area contributed by atoms with Gasteiger partial charge in [-0.05, 0) is 61.7 Å². The Morgan fingerprint density at radius 1 is 1.03 bits per heavy atom. The van der Waals surface area contributed by atoms with Gasteiger partial charge in [0.1, 0.15) is 29.8 Å². The number of furan rings is 1. The molecule has 2 aliphatic rings. The summed E-state index contributed by atoms with van der Waals surface area (Å²) in [7, 11) is 0. The van der Waals surface area contributed by atoms with Crippen LogP contribution in [0.5, 0.6) is 17.2 Å². The van der Waals surface area contributed by atoms with E-state index in [0.29, 0.717) is 42.2 Å². The van der Waals surface area contributed by atoms with Gasteiger partial charge in [-0.1, -0.05) is 26.0 Å². The van der Waals surface area contributed by atoms with Crippen LogP contribution < -0.4 is 14.2 Å². The number of aliphatic hydroxyl groups is 1. The predicted molar refractivity (Wildman–Crippen MR) is 153 cm³/mol. The number of aliphatic hydroxyl groups excluding tert-OH is 1. The summed E-state index contributed by atoms with van der Waals surface area (Å²) in [6.45, 7) is 7.07. The Labute approximate surface area is 240 Å². The molecule has 0 unspecified atom stereocenters. The van der Waals surface area contributed by atoms with E-state index >= 15 is 0 Å². The minimum atomic E-state index is -0.593. The smallest absolute Gasteiger partial charge is 0.263 e. The average molecular weight is 578 g/mol. The molecule has 210 valence electrons. The van der Waals surface area contributed by atoms with Crippen molar-refractivity contribution in [1.82, 2.24) is 9.88 Å². The number of nitrogens with zero attached hydrogens (tertiary/aromatic N) is 2. The summed E-state index contributed by atoms with van der Waals surface area (Å²) in [5, 5.41) is 11.5. The number of aromatic nitrogens is 1. The van der Waals surface area contributed by atoms with Gasteiger partial charge in [0.15, 0.2) is 17.3 Å². The van der Waals surface area contributed by atoms with E-state index in [1.807, 2.05) is 30.3 Å². The second-order valence-electron chi connectivity index (χ2n) is 10.2. The van der Waals surface area contributed by atoms with Gasteiger partial charge in [-0.2, -0.15) is 0 Å². The summed E-state index contributed by atoms with van der Waals surface area (Å²) in [6, 6.07) is 13.8. The summed E-state index contributed by atoms with van der Waals surface area (Å²) >= 11 is 0. The lowest BCUT2D eigenvalue weighted by molar-refractivity contribution is 0.0599. The number of β-amino-alcohol motifs (C(OH)–C–C–N with tert-alkyl or cyclic N) is 1. The van der Waals surface area contributed by atoms with Crippen molar-refractivity contribution in [2.45, 2.75) is 44.6 Å². The molecule has 1 fully saturated rings. The molecule has 4 heterocycles. The molecule has 0 saturated carbocycles. The third-order valence-corrected chi connectivity index (χ3v) is 7.18. The fourth-order valence-corrected chi connectivity index (χ4v) is 5.09. The van der Waals surface area contributed by atoms with E-state index in [2.05, 4.69) is 35.9 Å². The fraction of sp³-hybridized carbons (Fsp3) is 0.414. The van der Waals surface area contributed by atoms with Crippen LogP contribution in [0.4, 0.5) is 0 Å². The van der Waals surface area contributed by atoms with Gasteiger partial charge in [0.2, 0.25) is 6.79 Å². The summed E-state index contributed by atoms with van der Waals surface area (Å²) in [6.07, 6.45) is 3.23. The first kappa shape index (κ1) is 29.1. The van der Waals surface area contributed by atoms with E-state index < -0.39 is 6.10 Å². The van der Waals surface area contributed by atoms with Crippen molar-refractivity contribution < 1.29 is 28.2 Å². The van der Waals surface area contributed by atoms with Gasteiger partial charge in [-0.15, -0.1) is 24.8 Å². The zero-order valence-corrected chi connectivity index (χ0v) is 23.6. The van der Waals surface area contributed by atoms with Gasteiger partial charge in [0, 0.05) is 18.5 Å². The van der Waals surface area contributed by atoms with Crippen molar-refractivity contribution in [1.29, 1.82) is 0 Å². The van der Waals surface area contributed by atoms with Crippen LogP contribution in [-0.4, -0.2) is 54.1 Å². The third-order valence-electron chi connectivity index (χ3n) is 7.18. The van der Waals surface area contributed by atoms with Crippen molar-refractivity contribution in [3.8, 4) is 28.9 Å². The standard InChI is InChI=1S/C29H32N2O6.2ClH/c1-18(2)28-14-30-29(37-28)27-13-22-23(4-3-5-24(22)36-27)33-16-21(32)15-31-10-8-19(9-11-31)20-6-7-25-26(12-20)35-17-34-25;;/h3-7,12-14,18-19,21,32H,8-11,15-17H2,1-2H3;2*1H/t21-;;/m0../s1. The molecule has 0 bridgehead atoms. The van der Waals surface area contributed by atoms with Gasteiger partial charge < -0.3 is 33.1 Å². The summed E-state index contributed by atoms with van der Waals surface area (Å²) in [5.74, 6) is 4.91. The molecule has 2 aromatic carbocycles. The molecule has 0 amide bonds. The average Bonchev–Trinajstić information content (AvgIpc) is 3.66. The first-order chi connectivity index (χ1) is 18.0. The summed E-state index contributed by atoms with van der Waals surface area (Å²) < 4.78 is 28.8. The molecule has 1 atom stereocenters. The number of ether oxygens (including phenoxy) is 3. The van der Waals surface area contributed by atoms with Crippen molar-refractivity contribution in [3.63, 3.8) is 0 Å². The predicted octanol–water partition coefficient (Wildman–Crippen LogP) is 6.40. The number of halogens is 2. The maximum absolute atomic E-state index is 10.7. The zero-order valence-electron chi connectivity index (χ0n) is 22.0. The molecule has 2 aliphatic heterocycles. The van der Waals surface area contributed by atoms with Crippen molar-refractivity contribution >= 4 is 35.8 Å². The molecule has 0 radical (unpaired) electrons. The van der Waals surface area contributed by atoms with Crippen LogP contribution in [0, 0.1) is 0 Å². The highest BCUT2D eigenvalue weighted by atomic mass is 35.5. The van der Waals surface area contributed by atoms with E-state index in [0.717, 1.165) is 48.6 Å². The molecule has 0 aliphatic carbocycles. The highest BCUT2D eigenvalue weighted by Crippen LogP contribution is 2.38. The Kier molecular flexibility index (Phi) is 9.33.